The lowest BCUT2D eigenvalue weighted by Crippen LogP contribution is -2.46. The van der Waals surface area contributed by atoms with Crippen molar-refractivity contribution in [1.82, 2.24) is 10.2 Å². The molecule has 184 valence electrons. The molecule has 0 radical (unpaired) electrons. The first-order chi connectivity index (χ1) is 15.6. The number of aliphatic hydroxyl groups excluding tert-OH is 1. The minimum atomic E-state index is -0.279. The lowest BCUT2D eigenvalue weighted by Gasteiger charge is -2.40. The van der Waals surface area contributed by atoms with E-state index in [1.807, 2.05) is 13.8 Å². The van der Waals surface area contributed by atoms with Crippen LogP contribution in [0.15, 0.2) is 30.3 Å². The minimum absolute atomic E-state index is 0.0237. The Kier molecular flexibility index (Phi) is 8.63. The van der Waals surface area contributed by atoms with Crippen LogP contribution < -0.4 is 10.1 Å². The van der Waals surface area contributed by atoms with Crippen molar-refractivity contribution >= 4 is 11.5 Å². The highest BCUT2D eigenvalue weighted by Gasteiger charge is 2.27. The summed E-state index contributed by atoms with van der Waals surface area (Å²) in [5, 5.41) is 12.4. The summed E-state index contributed by atoms with van der Waals surface area (Å²) in [6.07, 6.45) is 7.16. The first-order valence-corrected chi connectivity index (χ1v) is 12.6. The van der Waals surface area contributed by atoms with Gasteiger partial charge in [0, 0.05) is 30.0 Å². The number of likely N-dealkylation sites (tertiary alicyclic amines) is 1. The van der Waals surface area contributed by atoms with E-state index in [9.17, 15) is 9.90 Å². The SMILES string of the molecule is CC(C)(CO)CNC(=O)C1CC=C(c2ccc(OCC3CCN(C(C)(C)C)CC3)cc2)CC1. The molecule has 33 heavy (non-hydrogen) atoms. The number of carbonyl (C=O) groups excluding carboxylic acids is 1. The third kappa shape index (κ3) is 7.58. The fourth-order valence-electron chi connectivity index (χ4n) is 4.61. The van der Waals surface area contributed by atoms with Gasteiger partial charge in [0.2, 0.25) is 5.91 Å². The van der Waals surface area contributed by atoms with E-state index in [1.54, 1.807) is 0 Å². The van der Waals surface area contributed by atoms with Crippen LogP contribution in [0.2, 0.25) is 0 Å². The van der Waals surface area contributed by atoms with Crippen molar-refractivity contribution in [1.29, 1.82) is 0 Å². The van der Waals surface area contributed by atoms with E-state index >= 15 is 0 Å². The smallest absolute Gasteiger partial charge is 0.223 e. The van der Waals surface area contributed by atoms with Crippen molar-refractivity contribution < 1.29 is 14.6 Å². The number of allylic oxidation sites excluding steroid dienone is 2. The zero-order valence-corrected chi connectivity index (χ0v) is 21.3. The van der Waals surface area contributed by atoms with E-state index in [1.165, 1.54) is 24.0 Å². The Morgan fingerprint density at radius 3 is 2.30 bits per heavy atom. The van der Waals surface area contributed by atoms with Crippen LogP contribution in [-0.4, -0.2) is 54.3 Å². The van der Waals surface area contributed by atoms with Gasteiger partial charge in [-0.1, -0.05) is 32.1 Å². The number of amides is 1. The summed E-state index contributed by atoms with van der Waals surface area (Å²) in [7, 11) is 0. The number of rotatable bonds is 8. The van der Waals surface area contributed by atoms with Crippen LogP contribution >= 0.6 is 0 Å². The van der Waals surface area contributed by atoms with Crippen molar-refractivity contribution in [3.8, 4) is 5.75 Å². The average Bonchev–Trinajstić information content (AvgIpc) is 2.81. The molecule has 1 fully saturated rings. The van der Waals surface area contributed by atoms with Gasteiger partial charge < -0.3 is 15.2 Å². The Hall–Kier alpha value is -1.85. The predicted octanol–water partition coefficient (Wildman–Crippen LogP) is 4.89. The number of benzene rings is 1. The fraction of sp³-hybridized carbons (Fsp3) is 0.679. The zero-order chi connectivity index (χ0) is 24.1. The molecular formula is C28H44N2O3. The molecule has 1 atom stereocenters. The maximum absolute atomic E-state index is 12.5. The second-order valence-corrected chi connectivity index (χ2v) is 11.7. The third-order valence-electron chi connectivity index (χ3n) is 7.22. The first-order valence-electron chi connectivity index (χ1n) is 12.6. The van der Waals surface area contributed by atoms with E-state index in [0.29, 0.717) is 12.5 Å². The predicted molar refractivity (Wildman–Crippen MR) is 135 cm³/mol. The first kappa shape index (κ1) is 25.8. The second kappa shape index (κ2) is 11.1. The maximum atomic E-state index is 12.5. The molecule has 0 aromatic heterocycles. The van der Waals surface area contributed by atoms with Gasteiger partial charge in [0.1, 0.15) is 5.75 Å². The Balaban J connectivity index is 1.43. The van der Waals surface area contributed by atoms with Crippen molar-refractivity contribution in [3.63, 3.8) is 0 Å². The lowest BCUT2D eigenvalue weighted by atomic mass is 9.85. The van der Waals surface area contributed by atoms with Gasteiger partial charge in [0.15, 0.2) is 0 Å². The quantitative estimate of drug-likeness (QED) is 0.584. The zero-order valence-electron chi connectivity index (χ0n) is 21.3. The van der Waals surface area contributed by atoms with Crippen LogP contribution in [0.5, 0.6) is 5.75 Å². The Bertz CT molecular complexity index is 799. The summed E-state index contributed by atoms with van der Waals surface area (Å²) in [6.45, 7) is 14.5. The van der Waals surface area contributed by atoms with Gasteiger partial charge in [-0.05, 0) is 95.2 Å². The molecule has 0 saturated carbocycles. The van der Waals surface area contributed by atoms with Crippen LogP contribution in [-0.2, 0) is 4.79 Å². The van der Waals surface area contributed by atoms with Gasteiger partial charge in [-0.2, -0.15) is 0 Å². The molecule has 5 heteroatoms. The molecule has 1 aliphatic carbocycles. The Labute approximate surface area is 200 Å². The number of hydrogen-bond acceptors (Lipinski definition) is 4. The highest BCUT2D eigenvalue weighted by molar-refractivity contribution is 5.80. The number of hydrogen-bond donors (Lipinski definition) is 2. The highest BCUT2D eigenvalue weighted by atomic mass is 16.5. The third-order valence-corrected chi connectivity index (χ3v) is 7.22. The molecule has 0 spiro atoms. The monoisotopic (exact) mass is 456 g/mol. The molecule has 5 nitrogen and oxygen atoms in total. The van der Waals surface area contributed by atoms with E-state index < -0.39 is 0 Å². The van der Waals surface area contributed by atoms with Crippen molar-refractivity contribution in [2.75, 3.05) is 32.8 Å². The molecule has 1 aromatic carbocycles. The lowest BCUT2D eigenvalue weighted by molar-refractivity contribution is -0.125. The summed E-state index contributed by atoms with van der Waals surface area (Å²) in [5.41, 5.74) is 2.52. The number of piperidine rings is 1. The molecule has 2 N–H and O–H groups in total. The van der Waals surface area contributed by atoms with Crippen molar-refractivity contribution in [2.45, 2.75) is 72.3 Å². The van der Waals surface area contributed by atoms with E-state index in [2.05, 4.69) is 61.3 Å². The topological polar surface area (TPSA) is 61.8 Å². The van der Waals surface area contributed by atoms with Crippen LogP contribution in [0.3, 0.4) is 0 Å². The highest BCUT2D eigenvalue weighted by Crippen LogP contribution is 2.32. The van der Waals surface area contributed by atoms with Crippen molar-refractivity contribution in [3.05, 3.63) is 35.9 Å². The second-order valence-electron chi connectivity index (χ2n) is 11.7. The van der Waals surface area contributed by atoms with Gasteiger partial charge in [0.25, 0.3) is 0 Å². The standard InChI is InChI=1S/C28H44N2O3/c1-27(2,3)30-16-14-21(15-17-30)18-33-25-12-10-23(11-13-25)22-6-8-24(9-7-22)26(32)29-19-28(4,5)20-31/h6,10-13,21,24,31H,7-9,14-20H2,1-5H3,(H,29,32). The molecule has 1 heterocycles. The maximum Gasteiger partial charge on any atom is 0.223 e. The van der Waals surface area contributed by atoms with E-state index in [-0.39, 0.29) is 29.4 Å². The Morgan fingerprint density at radius 2 is 1.76 bits per heavy atom. The van der Waals surface area contributed by atoms with Gasteiger partial charge >= 0.3 is 0 Å². The summed E-state index contributed by atoms with van der Waals surface area (Å²) in [4.78, 5) is 15.0. The summed E-state index contributed by atoms with van der Waals surface area (Å²) < 4.78 is 6.11. The molecule has 1 aliphatic heterocycles. The molecule has 1 saturated heterocycles. The van der Waals surface area contributed by atoms with Gasteiger partial charge in [-0.3, -0.25) is 9.69 Å². The summed E-state index contributed by atoms with van der Waals surface area (Å²) in [5.74, 6) is 1.70. The van der Waals surface area contributed by atoms with Gasteiger partial charge in [-0.25, -0.2) is 0 Å². The number of ether oxygens (including phenoxy) is 1. The normalized spacial score (nSPS) is 20.9. The average molecular weight is 457 g/mol. The fourth-order valence-corrected chi connectivity index (χ4v) is 4.61. The van der Waals surface area contributed by atoms with Crippen LogP contribution in [0.25, 0.3) is 5.57 Å². The largest absolute Gasteiger partial charge is 0.493 e. The summed E-state index contributed by atoms with van der Waals surface area (Å²) >= 11 is 0. The molecule has 2 aliphatic rings. The van der Waals surface area contributed by atoms with E-state index in [0.717, 1.165) is 44.7 Å². The van der Waals surface area contributed by atoms with E-state index in [4.69, 9.17) is 4.74 Å². The van der Waals surface area contributed by atoms with Crippen LogP contribution in [0.4, 0.5) is 0 Å². The Morgan fingerprint density at radius 1 is 1.09 bits per heavy atom. The van der Waals surface area contributed by atoms with Crippen LogP contribution in [0.1, 0.15) is 72.3 Å². The number of nitrogens with one attached hydrogen (secondary N) is 1. The molecule has 1 aromatic rings. The van der Waals surface area contributed by atoms with Crippen LogP contribution in [0, 0.1) is 17.3 Å². The number of aliphatic hydroxyl groups is 1. The molecule has 0 bridgehead atoms. The number of carbonyl (C=O) groups is 1. The molecule has 3 rings (SSSR count). The van der Waals surface area contributed by atoms with Gasteiger partial charge in [0.05, 0.1) is 6.61 Å². The van der Waals surface area contributed by atoms with Crippen molar-refractivity contribution in [2.24, 2.45) is 17.3 Å². The summed E-state index contributed by atoms with van der Waals surface area (Å²) in [6, 6.07) is 8.45. The minimum Gasteiger partial charge on any atom is -0.493 e. The molecule has 1 unspecified atom stereocenters. The number of nitrogens with zero attached hydrogens (tertiary/aromatic N) is 1. The molecule has 1 amide bonds. The van der Waals surface area contributed by atoms with Gasteiger partial charge in [-0.15, -0.1) is 0 Å². The molecular weight excluding hydrogens is 412 g/mol.